The number of carbonyl (C=O) groups is 2. The smallest absolute Gasteiger partial charge is 0.318 e. The van der Waals surface area contributed by atoms with E-state index in [1.807, 2.05) is 0 Å². The molecule has 1 unspecified atom stereocenters. The minimum Gasteiger partial charge on any atom is -0.481 e. The molecule has 0 spiro atoms. The maximum atomic E-state index is 11.9. The number of likely N-dealkylation sites (tertiary alicyclic amines) is 1. The van der Waals surface area contributed by atoms with Crippen molar-refractivity contribution in [2.45, 2.75) is 32.2 Å². The second-order valence-electron chi connectivity index (χ2n) is 4.82. The van der Waals surface area contributed by atoms with Gasteiger partial charge in [0.1, 0.15) is 0 Å². The zero-order valence-electron chi connectivity index (χ0n) is 10.2. The Balaban J connectivity index is 2.59. The third kappa shape index (κ3) is 3.66. The van der Waals surface area contributed by atoms with Crippen LogP contribution in [0, 0.1) is 18.3 Å². The summed E-state index contributed by atoms with van der Waals surface area (Å²) in [5, 5.41) is 11.6. The summed E-state index contributed by atoms with van der Waals surface area (Å²) in [4.78, 5) is 24.3. The first-order valence-electron chi connectivity index (χ1n) is 5.63. The number of nitrogens with zero attached hydrogens (tertiary/aromatic N) is 1. The van der Waals surface area contributed by atoms with Crippen molar-refractivity contribution in [2.75, 3.05) is 13.1 Å². The molecular weight excluding hydrogens is 220 g/mol. The Hall–Kier alpha value is -1.70. The van der Waals surface area contributed by atoms with Gasteiger partial charge in [0.25, 0.3) is 0 Å². The third-order valence-electron chi connectivity index (χ3n) is 2.84. The van der Waals surface area contributed by atoms with Crippen LogP contribution in [-0.2, 0) is 4.79 Å². The van der Waals surface area contributed by atoms with Crippen molar-refractivity contribution in [2.24, 2.45) is 5.92 Å². The largest absolute Gasteiger partial charge is 0.481 e. The predicted molar refractivity (Wildman–Crippen MR) is 63.4 cm³/mol. The molecule has 0 aromatic carbocycles. The van der Waals surface area contributed by atoms with Gasteiger partial charge in [-0.1, -0.05) is 5.92 Å². The highest BCUT2D eigenvalue weighted by molar-refractivity contribution is 5.77. The number of hydrogen-bond acceptors (Lipinski definition) is 2. The highest BCUT2D eigenvalue weighted by atomic mass is 16.4. The molecule has 0 bridgehead atoms. The van der Waals surface area contributed by atoms with Crippen LogP contribution in [0.2, 0.25) is 0 Å². The first-order chi connectivity index (χ1) is 7.85. The van der Waals surface area contributed by atoms with Crippen molar-refractivity contribution in [1.29, 1.82) is 0 Å². The van der Waals surface area contributed by atoms with E-state index in [1.54, 1.807) is 13.8 Å². The minimum absolute atomic E-state index is 0.252. The lowest BCUT2D eigenvalue weighted by Crippen LogP contribution is -2.52. The molecule has 0 radical (unpaired) electrons. The molecule has 2 amide bonds. The second kappa shape index (κ2) is 5.09. The van der Waals surface area contributed by atoms with E-state index >= 15 is 0 Å². The van der Waals surface area contributed by atoms with E-state index in [1.165, 1.54) is 4.90 Å². The lowest BCUT2D eigenvalue weighted by Gasteiger charge is -2.33. The lowest BCUT2D eigenvalue weighted by molar-refractivity contribution is -0.143. The Morgan fingerprint density at radius 2 is 2.18 bits per heavy atom. The van der Waals surface area contributed by atoms with Crippen LogP contribution in [-0.4, -0.2) is 40.6 Å². The van der Waals surface area contributed by atoms with Crippen LogP contribution in [0.5, 0.6) is 0 Å². The quantitative estimate of drug-likeness (QED) is 0.702. The molecule has 5 heteroatoms. The molecule has 1 aliphatic heterocycles. The fourth-order valence-electron chi connectivity index (χ4n) is 1.75. The van der Waals surface area contributed by atoms with Gasteiger partial charge in [0, 0.05) is 13.1 Å². The highest BCUT2D eigenvalue weighted by Crippen LogP contribution is 2.17. The van der Waals surface area contributed by atoms with E-state index in [0.717, 1.165) is 0 Å². The van der Waals surface area contributed by atoms with Crippen LogP contribution in [0.15, 0.2) is 0 Å². The SMILES string of the molecule is C#CC(C)(C)NC(=O)N1CCCC(C(=O)O)C1. The Bertz CT molecular complexity index is 357. The maximum Gasteiger partial charge on any atom is 0.318 e. The molecule has 17 heavy (non-hydrogen) atoms. The number of hydrogen-bond donors (Lipinski definition) is 2. The third-order valence-corrected chi connectivity index (χ3v) is 2.84. The zero-order chi connectivity index (χ0) is 13.1. The Kier molecular flexibility index (Phi) is 4.00. The molecule has 1 aliphatic rings. The van der Waals surface area contributed by atoms with Crippen LogP contribution in [0.25, 0.3) is 0 Å². The van der Waals surface area contributed by atoms with Gasteiger partial charge in [-0.05, 0) is 26.7 Å². The van der Waals surface area contributed by atoms with Gasteiger partial charge in [-0.2, -0.15) is 0 Å². The van der Waals surface area contributed by atoms with Crippen molar-refractivity contribution in [3.05, 3.63) is 0 Å². The number of piperidine rings is 1. The van der Waals surface area contributed by atoms with Gasteiger partial charge in [0.15, 0.2) is 0 Å². The van der Waals surface area contributed by atoms with Crippen molar-refractivity contribution in [3.8, 4) is 12.3 Å². The van der Waals surface area contributed by atoms with Crippen molar-refractivity contribution < 1.29 is 14.7 Å². The van der Waals surface area contributed by atoms with Crippen molar-refractivity contribution in [1.82, 2.24) is 10.2 Å². The highest BCUT2D eigenvalue weighted by Gasteiger charge is 2.29. The number of urea groups is 1. The summed E-state index contributed by atoms with van der Waals surface area (Å²) in [6.45, 7) is 4.28. The van der Waals surface area contributed by atoms with E-state index in [-0.39, 0.29) is 12.6 Å². The molecule has 2 N–H and O–H groups in total. The van der Waals surface area contributed by atoms with E-state index in [4.69, 9.17) is 11.5 Å². The maximum absolute atomic E-state index is 11.9. The molecule has 0 aromatic heterocycles. The monoisotopic (exact) mass is 238 g/mol. The van der Waals surface area contributed by atoms with Crippen LogP contribution < -0.4 is 5.32 Å². The van der Waals surface area contributed by atoms with Gasteiger partial charge in [0.05, 0.1) is 11.5 Å². The molecule has 1 heterocycles. The first-order valence-corrected chi connectivity index (χ1v) is 5.63. The molecule has 1 fully saturated rings. The fraction of sp³-hybridized carbons (Fsp3) is 0.667. The molecule has 1 rings (SSSR count). The molecule has 5 nitrogen and oxygen atoms in total. The van der Waals surface area contributed by atoms with Gasteiger partial charge < -0.3 is 15.3 Å². The Morgan fingerprint density at radius 1 is 1.53 bits per heavy atom. The van der Waals surface area contributed by atoms with E-state index in [0.29, 0.717) is 19.4 Å². The van der Waals surface area contributed by atoms with Gasteiger partial charge >= 0.3 is 12.0 Å². The first kappa shape index (κ1) is 13.4. The fourth-order valence-corrected chi connectivity index (χ4v) is 1.75. The van der Waals surface area contributed by atoms with Crippen LogP contribution in [0.4, 0.5) is 4.79 Å². The molecule has 0 aliphatic carbocycles. The minimum atomic E-state index is -0.848. The molecule has 94 valence electrons. The van der Waals surface area contributed by atoms with Crippen LogP contribution in [0.3, 0.4) is 0 Å². The standard InChI is InChI=1S/C12H18N2O3/c1-4-12(2,3)13-11(17)14-7-5-6-9(8-14)10(15)16/h1,9H,5-8H2,2-3H3,(H,13,17)(H,15,16). The predicted octanol–water partition coefficient (Wildman–Crippen LogP) is 0.904. The molecule has 1 saturated heterocycles. The molecule has 0 aromatic rings. The average molecular weight is 238 g/mol. The molecule has 1 atom stereocenters. The Morgan fingerprint density at radius 3 is 2.71 bits per heavy atom. The number of amides is 2. The number of carbonyl (C=O) groups excluding carboxylic acids is 1. The number of carboxylic acids is 1. The number of nitrogens with one attached hydrogen (secondary N) is 1. The second-order valence-corrected chi connectivity index (χ2v) is 4.82. The van der Waals surface area contributed by atoms with E-state index < -0.39 is 17.4 Å². The number of terminal acetylenes is 1. The van der Waals surface area contributed by atoms with Crippen LogP contribution in [0.1, 0.15) is 26.7 Å². The summed E-state index contributed by atoms with van der Waals surface area (Å²) in [6, 6.07) is -0.293. The van der Waals surface area contributed by atoms with Gasteiger partial charge in [-0.15, -0.1) is 6.42 Å². The summed E-state index contributed by atoms with van der Waals surface area (Å²) >= 11 is 0. The topological polar surface area (TPSA) is 69.6 Å². The number of carboxylic acid groups (broad SMARTS) is 1. The average Bonchev–Trinajstić information content (AvgIpc) is 2.28. The normalized spacial score (nSPS) is 20.5. The van der Waals surface area contributed by atoms with Gasteiger partial charge in [-0.25, -0.2) is 4.79 Å². The summed E-state index contributed by atoms with van der Waals surface area (Å²) in [7, 11) is 0. The Labute approximate surface area is 101 Å². The van der Waals surface area contributed by atoms with Crippen LogP contribution >= 0.6 is 0 Å². The van der Waals surface area contributed by atoms with Crippen molar-refractivity contribution in [3.63, 3.8) is 0 Å². The van der Waals surface area contributed by atoms with E-state index in [2.05, 4.69) is 11.2 Å². The summed E-state index contributed by atoms with van der Waals surface area (Å²) in [5.74, 6) is 1.15. The van der Waals surface area contributed by atoms with Gasteiger partial charge in [-0.3, -0.25) is 4.79 Å². The summed E-state index contributed by atoms with van der Waals surface area (Å²) < 4.78 is 0. The molecule has 0 saturated carbocycles. The number of aliphatic carboxylic acids is 1. The zero-order valence-corrected chi connectivity index (χ0v) is 10.2. The van der Waals surface area contributed by atoms with E-state index in [9.17, 15) is 9.59 Å². The summed E-state index contributed by atoms with van der Waals surface area (Å²) in [6.07, 6.45) is 6.61. The van der Waals surface area contributed by atoms with Gasteiger partial charge in [0.2, 0.25) is 0 Å². The molecular formula is C12H18N2O3. The number of rotatable bonds is 2. The summed E-state index contributed by atoms with van der Waals surface area (Å²) in [5.41, 5.74) is -0.715. The van der Waals surface area contributed by atoms with Crippen molar-refractivity contribution >= 4 is 12.0 Å². The lowest BCUT2D eigenvalue weighted by atomic mass is 9.98.